The Hall–Kier alpha value is -1.69. The van der Waals surface area contributed by atoms with Gasteiger partial charge in [-0.3, -0.25) is 4.79 Å². The zero-order valence-electron chi connectivity index (χ0n) is 12.5. The van der Waals surface area contributed by atoms with Gasteiger partial charge < -0.3 is 9.42 Å². The molecule has 0 N–H and O–H groups in total. The van der Waals surface area contributed by atoms with Crippen molar-refractivity contribution in [1.82, 2.24) is 10.1 Å². The summed E-state index contributed by atoms with van der Waals surface area (Å²) in [6.07, 6.45) is 4.74. The average molecular weight is 305 g/mol. The molecule has 0 saturated heterocycles. The standard InChI is InChI=1S/C15H19N3O2S/c1-9-13(10(2)20-17-9)18(3)15(19)14-12(16-8-21-14)11-6-4-5-7-11/h8,11H,4-7H2,1-3H3. The van der Waals surface area contributed by atoms with Crippen LogP contribution in [-0.2, 0) is 0 Å². The van der Waals surface area contributed by atoms with Crippen molar-refractivity contribution in [2.45, 2.75) is 45.4 Å². The summed E-state index contributed by atoms with van der Waals surface area (Å²) in [5, 5.41) is 3.92. The van der Waals surface area contributed by atoms with Crippen LogP contribution in [0.4, 0.5) is 5.69 Å². The van der Waals surface area contributed by atoms with Gasteiger partial charge in [0.15, 0.2) is 5.76 Å². The predicted octanol–water partition coefficient (Wildman–Crippen LogP) is 3.68. The highest BCUT2D eigenvalue weighted by Crippen LogP contribution is 2.37. The summed E-state index contributed by atoms with van der Waals surface area (Å²) in [5.41, 5.74) is 4.24. The quantitative estimate of drug-likeness (QED) is 0.868. The highest BCUT2D eigenvalue weighted by atomic mass is 32.1. The minimum atomic E-state index is -0.0196. The lowest BCUT2D eigenvalue weighted by Crippen LogP contribution is -2.27. The van der Waals surface area contributed by atoms with Gasteiger partial charge in [0.05, 0.1) is 11.2 Å². The molecule has 0 atom stereocenters. The number of aromatic nitrogens is 2. The maximum absolute atomic E-state index is 12.8. The van der Waals surface area contributed by atoms with E-state index in [1.54, 1.807) is 17.5 Å². The van der Waals surface area contributed by atoms with Crippen LogP contribution in [0, 0.1) is 13.8 Å². The zero-order valence-corrected chi connectivity index (χ0v) is 13.4. The second-order valence-electron chi connectivity index (χ2n) is 5.59. The van der Waals surface area contributed by atoms with Crippen LogP contribution in [0.3, 0.4) is 0 Å². The zero-order chi connectivity index (χ0) is 15.0. The first-order valence-electron chi connectivity index (χ1n) is 7.24. The Morgan fingerprint density at radius 3 is 2.71 bits per heavy atom. The van der Waals surface area contributed by atoms with Gasteiger partial charge in [0.2, 0.25) is 0 Å². The Bertz CT molecular complexity index is 636. The lowest BCUT2D eigenvalue weighted by molar-refractivity contribution is 0.0995. The van der Waals surface area contributed by atoms with E-state index in [2.05, 4.69) is 10.1 Å². The molecule has 0 unspecified atom stereocenters. The highest BCUT2D eigenvalue weighted by Gasteiger charge is 2.28. The molecule has 2 aromatic heterocycles. The molecule has 1 aliphatic carbocycles. The smallest absolute Gasteiger partial charge is 0.270 e. The van der Waals surface area contributed by atoms with Gasteiger partial charge in [0, 0.05) is 13.0 Å². The summed E-state index contributed by atoms with van der Waals surface area (Å²) < 4.78 is 5.16. The van der Waals surface area contributed by atoms with Gasteiger partial charge in [-0.1, -0.05) is 18.0 Å². The van der Waals surface area contributed by atoms with Crippen molar-refractivity contribution in [2.75, 3.05) is 11.9 Å². The fourth-order valence-electron chi connectivity index (χ4n) is 3.12. The number of nitrogens with zero attached hydrogens (tertiary/aromatic N) is 3. The number of anilines is 1. The molecular formula is C15H19N3O2S. The number of hydrogen-bond acceptors (Lipinski definition) is 5. The normalized spacial score (nSPS) is 15.6. The van der Waals surface area contributed by atoms with E-state index in [-0.39, 0.29) is 5.91 Å². The lowest BCUT2D eigenvalue weighted by Gasteiger charge is -2.17. The second kappa shape index (κ2) is 5.60. The maximum Gasteiger partial charge on any atom is 0.270 e. The largest absolute Gasteiger partial charge is 0.359 e. The molecule has 1 saturated carbocycles. The molecule has 112 valence electrons. The summed E-state index contributed by atoms with van der Waals surface area (Å²) in [6, 6.07) is 0. The first kappa shape index (κ1) is 14.3. The topological polar surface area (TPSA) is 59.2 Å². The van der Waals surface area contributed by atoms with E-state index in [1.165, 1.54) is 24.2 Å². The number of carbonyl (C=O) groups is 1. The molecule has 5 nitrogen and oxygen atoms in total. The summed E-state index contributed by atoms with van der Waals surface area (Å²) in [5.74, 6) is 1.08. The summed E-state index contributed by atoms with van der Waals surface area (Å²) >= 11 is 1.43. The minimum Gasteiger partial charge on any atom is -0.359 e. The molecule has 1 fully saturated rings. The Morgan fingerprint density at radius 1 is 1.38 bits per heavy atom. The van der Waals surface area contributed by atoms with Gasteiger partial charge in [-0.2, -0.15) is 0 Å². The number of aryl methyl sites for hydroxylation is 2. The molecule has 0 aliphatic heterocycles. The van der Waals surface area contributed by atoms with E-state index in [1.807, 2.05) is 13.8 Å². The van der Waals surface area contributed by atoms with Crippen molar-refractivity contribution in [3.05, 3.63) is 27.5 Å². The number of thiazole rings is 1. The average Bonchev–Trinajstić information content (AvgIpc) is 3.17. The summed E-state index contributed by atoms with van der Waals surface area (Å²) in [7, 11) is 1.77. The van der Waals surface area contributed by atoms with Crippen molar-refractivity contribution < 1.29 is 9.32 Å². The van der Waals surface area contributed by atoms with Gasteiger partial charge in [-0.05, 0) is 26.7 Å². The third kappa shape index (κ3) is 2.48. The molecule has 0 bridgehead atoms. The second-order valence-corrected chi connectivity index (χ2v) is 6.44. The minimum absolute atomic E-state index is 0.0196. The molecule has 0 radical (unpaired) electrons. The van der Waals surface area contributed by atoms with Crippen LogP contribution in [0.1, 0.15) is 58.4 Å². The van der Waals surface area contributed by atoms with E-state index in [9.17, 15) is 4.79 Å². The van der Waals surface area contributed by atoms with Gasteiger partial charge in [0.25, 0.3) is 5.91 Å². The highest BCUT2D eigenvalue weighted by molar-refractivity contribution is 7.12. The number of amides is 1. The van der Waals surface area contributed by atoms with Crippen LogP contribution in [0.15, 0.2) is 10.0 Å². The van der Waals surface area contributed by atoms with E-state index in [4.69, 9.17) is 4.52 Å². The number of rotatable bonds is 3. The Kier molecular flexibility index (Phi) is 3.80. The van der Waals surface area contributed by atoms with E-state index in [0.29, 0.717) is 11.7 Å². The van der Waals surface area contributed by atoms with Gasteiger partial charge >= 0.3 is 0 Å². The van der Waals surface area contributed by atoms with Gasteiger partial charge in [0.1, 0.15) is 16.3 Å². The first-order chi connectivity index (χ1) is 10.1. The molecule has 2 heterocycles. The maximum atomic E-state index is 12.8. The van der Waals surface area contributed by atoms with Crippen LogP contribution < -0.4 is 4.90 Å². The van der Waals surface area contributed by atoms with E-state index < -0.39 is 0 Å². The molecule has 0 spiro atoms. The number of carbonyl (C=O) groups excluding carboxylic acids is 1. The van der Waals surface area contributed by atoms with Crippen molar-refractivity contribution in [1.29, 1.82) is 0 Å². The Balaban J connectivity index is 1.90. The molecule has 3 rings (SSSR count). The Morgan fingerprint density at radius 2 is 2.10 bits per heavy atom. The van der Waals surface area contributed by atoms with Crippen LogP contribution >= 0.6 is 11.3 Å². The fourth-order valence-corrected chi connectivity index (χ4v) is 3.97. The fraction of sp³-hybridized carbons (Fsp3) is 0.533. The SMILES string of the molecule is Cc1noc(C)c1N(C)C(=O)c1scnc1C1CCCC1. The van der Waals surface area contributed by atoms with Crippen molar-refractivity contribution in [3.8, 4) is 0 Å². The van der Waals surface area contributed by atoms with Crippen molar-refractivity contribution >= 4 is 22.9 Å². The van der Waals surface area contributed by atoms with E-state index >= 15 is 0 Å². The molecule has 6 heteroatoms. The van der Waals surface area contributed by atoms with Gasteiger partial charge in [-0.15, -0.1) is 11.3 Å². The molecular weight excluding hydrogens is 286 g/mol. The monoisotopic (exact) mass is 305 g/mol. The van der Waals surface area contributed by atoms with Crippen molar-refractivity contribution in [3.63, 3.8) is 0 Å². The molecule has 21 heavy (non-hydrogen) atoms. The molecule has 0 aromatic carbocycles. The lowest BCUT2D eigenvalue weighted by atomic mass is 10.0. The summed E-state index contributed by atoms with van der Waals surface area (Å²) in [6.45, 7) is 3.67. The molecule has 2 aromatic rings. The first-order valence-corrected chi connectivity index (χ1v) is 8.12. The number of hydrogen-bond donors (Lipinski definition) is 0. The summed E-state index contributed by atoms with van der Waals surface area (Å²) in [4.78, 5) is 19.7. The molecule has 1 aliphatic rings. The van der Waals surface area contributed by atoms with Crippen LogP contribution in [0.5, 0.6) is 0 Å². The molecule has 1 amide bonds. The van der Waals surface area contributed by atoms with Crippen molar-refractivity contribution in [2.24, 2.45) is 0 Å². The van der Waals surface area contributed by atoms with Crippen LogP contribution in [0.2, 0.25) is 0 Å². The van der Waals surface area contributed by atoms with Crippen LogP contribution in [0.25, 0.3) is 0 Å². The third-order valence-corrected chi connectivity index (χ3v) is 5.00. The Labute approximate surface area is 128 Å². The predicted molar refractivity (Wildman–Crippen MR) is 82.0 cm³/mol. The third-order valence-electron chi connectivity index (χ3n) is 4.17. The van der Waals surface area contributed by atoms with E-state index in [0.717, 1.165) is 34.8 Å². The van der Waals surface area contributed by atoms with Gasteiger partial charge in [-0.25, -0.2) is 4.98 Å². The van der Waals surface area contributed by atoms with Crippen LogP contribution in [-0.4, -0.2) is 23.1 Å².